The third-order valence-electron chi connectivity index (χ3n) is 4.90. The molecule has 0 radical (unpaired) electrons. The number of nitrogens with one attached hydrogen (secondary N) is 1. The largest absolute Gasteiger partial charge is 0.268 e. The molecule has 2 heterocycles. The molecule has 1 saturated carbocycles. The molecule has 3 aromatic rings. The summed E-state index contributed by atoms with van der Waals surface area (Å²) in [4.78, 5) is 4.40. The number of hydrogen-bond acceptors (Lipinski definition) is 4. The summed E-state index contributed by atoms with van der Waals surface area (Å²) in [6.45, 7) is 0.145. The van der Waals surface area contributed by atoms with Crippen LogP contribution in [0.5, 0.6) is 0 Å². The molecule has 0 aliphatic heterocycles. The molecule has 0 saturated heterocycles. The zero-order valence-electron chi connectivity index (χ0n) is 15.0. The van der Waals surface area contributed by atoms with Gasteiger partial charge in [0.1, 0.15) is 10.6 Å². The number of benzene rings is 1. The van der Waals surface area contributed by atoms with E-state index in [0.29, 0.717) is 11.4 Å². The minimum Gasteiger partial charge on any atom is -0.268 e. The highest BCUT2D eigenvalue weighted by Gasteiger charge is 2.27. The Morgan fingerprint density at radius 2 is 1.78 bits per heavy atom. The second kappa shape index (κ2) is 7.62. The van der Waals surface area contributed by atoms with Crippen LogP contribution in [0.25, 0.3) is 11.3 Å². The fourth-order valence-corrected chi connectivity index (χ4v) is 4.63. The predicted molar refractivity (Wildman–Crippen MR) is 103 cm³/mol. The molecule has 4 rings (SSSR count). The van der Waals surface area contributed by atoms with Gasteiger partial charge in [-0.05, 0) is 25.0 Å². The van der Waals surface area contributed by atoms with E-state index in [-0.39, 0.29) is 17.5 Å². The summed E-state index contributed by atoms with van der Waals surface area (Å²) in [5.74, 6) is 0. The first-order valence-corrected chi connectivity index (χ1v) is 10.7. The van der Waals surface area contributed by atoms with Crippen LogP contribution in [0.4, 0.5) is 0 Å². The van der Waals surface area contributed by atoms with Crippen molar-refractivity contribution in [2.24, 2.45) is 0 Å². The van der Waals surface area contributed by atoms with Gasteiger partial charge in [0.25, 0.3) is 0 Å². The molecular formula is C20H22N4O2S. The van der Waals surface area contributed by atoms with Crippen molar-refractivity contribution in [3.8, 4) is 11.3 Å². The van der Waals surface area contributed by atoms with E-state index in [1.807, 2.05) is 41.1 Å². The first-order chi connectivity index (χ1) is 13.1. The molecular weight excluding hydrogens is 360 g/mol. The second-order valence-corrected chi connectivity index (χ2v) is 8.51. The Hall–Kier alpha value is -2.51. The van der Waals surface area contributed by atoms with Crippen LogP contribution < -0.4 is 4.72 Å². The Balaban J connectivity index is 1.69. The van der Waals surface area contributed by atoms with Gasteiger partial charge in [-0.2, -0.15) is 5.10 Å². The molecule has 1 N–H and O–H groups in total. The van der Waals surface area contributed by atoms with Crippen molar-refractivity contribution in [3.63, 3.8) is 0 Å². The lowest BCUT2D eigenvalue weighted by Gasteiger charge is -2.08. The SMILES string of the molecule is O=S(=O)(NCc1ccccn1)c1cn(C2CCCC2)nc1-c1ccccc1. The van der Waals surface area contributed by atoms with Gasteiger partial charge in [-0.25, -0.2) is 13.1 Å². The van der Waals surface area contributed by atoms with Gasteiger partial charge in [-0.3, -0.25) is 9.67 Å². The van der Waals surface area contributed by atoms with Gasteiger partial charge in [-0.1, -0.05) is 49.2 Å². The van der Waals surface area contributed by atoms with Crippen molar-refractivity contribution >= 4 is 10.0 Å². The van der Waals surface area contributed by atoms with Gasteiger partial charge in [0, 0.05) is 18.0 Å². The lowest BCUT2D eigenvalue weighted by atomic mass is 10.2. The van der Waals surface area contributed by atoms with Crippen molar-refractivity contribution in [1.29, 1.82) is 0 Å². The van der Waals surface area contributed by atoms with E-state index in [0.717, 1.165) is 31.2 Å². The van der Waals surface area contributed by atoms with Crippen molar-refractivity contribution in [2.75, 3.05) is 0 Å². The Kier molecular flexibility index (Phi) is 5.05. The number of sulfonamides is 1. The van der Waals surface area contributed by atoms with E-state index < -0.39 is 10.0 Å². The molecule has 1 fully saturated rings. The zero-order valence-corrected chi connectivity index (χ0v) is 15.8. The molecule has 0 amide bonds. The summed E-state index contributed by atoms with van der Waals surface area (Å²) < 4.78 is 30.6. The first kappa shape index (κ1) is 17.9. The van der Waals surface area contributed by atoms with E-state index in [1.54, 1.807) is 24.5 Å². The quantitative estimate of drug-likeness (QED) is 0.707. The molecule has 27 heavy (non-hydrogen) atoms. The highest BCUT2D eigenvalue weighted by Crippen LogP contribution is 2.33. The van der Waals surface area contributed by atoms with Crippen molar-refractivity contribution in [2.45, 2.75) is 43.2 Å². The van der Waals surface area contributed by atoms with E-state index in [2.05, 4.69) is 14.8 Å². The van der Waals surface area contributed by atoms with Gasteiger partial charge in [0.15, 0.2) is 0 Å². The summed E-state index contributed by atoms with van der Waals surface area (Å²) in [5.41, 5.74) is 1.97. The third-order valence-corrected chi connectivity index (χ3v) is 6.31. The molecule has 7 heteroatoms. The van der Waals surface area contributed by atoms with Crippen molar-refractivity contribution in [1.82, 2.24) is 19.5 Å². The normalized spacial score (nSPS) is 15.3. The molecule has 1 aliphatic carbocycles. The molecule has 0 bridgehead atoms. The van der Waals surface area contributed by atoms with Gasteiger partial charge >= 0.3 is 0 Å². The predicted octanol–water partition coefficient (Wildman–Crippen LogP) is 3.54. The first-order valence-electron chi connectivity index (χ1n) is 9.18. The molecule has 2 aromatic heterocycles. The van der Waals surface area contributed by atoms with E-state index >= 15 is 0 Å². The maximum atomic E-state index is 13.0. The zero-order chi connectivity index (χ0) is 18.7. The average molecular weight is 382 g/mol. The summed E-state index contributed by atoms with van der Waals surface area (Å²) in [6.07, 6.45) is 7.72. The fourth-order valence-electron chi connectivity index (χ4n) is 3.47. The second-order valence-electron chi connectivity index (χ2n) is 6.77. The Morgan fingerprint density at radius 1 is 1.04 bits per heavy atom. The van der Waals surface area contributed by atoms with Gasteiger partial charge in [0.05, 0.1) is 18.3 Å². The minimum atomic E-state index is -3.72. The molecule has 0 unspecified atom stereocenters. The maximum Gasteiger partial charge on any atom is 0.244 e. The standard InChI is InChI=1S/C20H22N4O2S/c25-27(26,22-14-17-10-6-7-13-21-17)19-15-24(18-11-4-5-12-18)23-20(19)16-8-2-1-3-9-16/h1-3,6-10,13,15,18,22H,4-5,11-12,14H2. The fraction of sp³-hybridized carbons (Fsp3) is 0.300. The minimum absolute atomic E-state index is 0.145. The van der Waals surface area contributed by atoms with Gasteiger partial charge in [-0.15, -0.1) is 0 Å². The third kappa shape index (κ3) is 3.94. The molecule has 1 aromatic carbocycles. The topological polar surface area (TPSA) is 76.9 Å². The highest BCUT2D eigenvalue weighted by atomic mass is 32.2. The molecule has 1 aliphatic rings. The van der Waals surface area contributed by atoms with Crippen LogP contribution >= 0.6 is 0 Å². The molecule has 0 spiro atoms. The van der Waals surface area contributed by atoms with Crippen LogP contribution in [-0.2, 0) is 16.6 Å². The number of pyridine rings is 1. The summed E-state index contributed by atoms with van der Waals surface area (Å²) in [6, 6.07) is 15.2. The molecule has 140 valence electrons. The van der Waals surface area contributed by atoms with E-state index in [9.17, 15) is 8.42 Å². The van der Waals surface area contributed by atoms with Crippen LogP contribution in [-0.4, -0.2) is 23.2 Å². The highest BCUT2D eigenvalue weighted by molar-refractivity contribution is 7.89. The Labute approximate surface area is 159 Å². The van der Waals surface area contributed by atoms with Crippen LogP contribution in [0.15, 0.2) is 65.8 Å². The lowest BCUT2D eigenvalue weighted by Crippen LogP contribution is -2.24. The van der Waals surface area contributed by atoms with Gasteiger partial charge in [0.2, 0.25) is 10.0 Å². The maximum absolute atomic E-state index is 13.0. The van der Waals surface area contributed by atoms with E-state index in [1.165, 1.54) is 0 Å². The smallest absolute Gasteiger partial charge is 0.244 e. The number of aromatic nitrogens is 3. The van der Waals surface area contributed by atoms with Gasteiger partial charge < -0.3 is 0 Å². The van der Waals surface area contributed by atoms with Crippen LogP contribution in [0, 0.1) is 0 Å². The van der Waals surface area contributed by atoms with Crippen molar-refractivity contribution in [3.05, 3.63) is 66.6 Å². The Bertz CT molecular complexity index is 995. The summed E-state index contributed by atoms with van der Waals surface area (Å²) in [5, 5.41) is 4.67. The number of nitrogens with zero attached hydrogens (tertiary/aromatic N) is 3. The summed E-state index contributed by atoms with van der Waals surface area (Å²) in [7, 11) is -3.72. The lowest BCUT2D eigenvalue weighted by molar-refractivity contribution is 0.467. The Morgan fingerprint density at radius 3 is 2.48 bits per heavy atom. The van der Waals surface area contributed by atoms with E-state index in [4.69, 9.17) is 0 Å². The average Bonchev–Trinajstić information content (AvgIpc) is 3.38. The molecule has 6 nitrogen and oxygen atoms in total. The summed E-state index contributed by atoms with van der Waals surface area (Å²) >= 11 is 0. The van der Waals surface area contributed by atoms with Crippen molar-refractivity contribution < 1.29 is 8.42 Å². The number of rotatable bonds is 6. The molecule has 0 atom stereocenters. The van der Waals surface area contributed by atoms with Crippen LogP contribution in [0.1, 0.15) is 37.4 Å². The number of hydrogen-bond donors (Lipinski definition) is 1. The van der Waals surface area contributed by atoms with Crippen LogP contribution in [0.3, 0.4) is 0 Å². The van der Waals surface area contributed by atoms with Crippen LogP contribution in [0.2, 0.25) is 0 Å². The monoisotopic (exact) mass is 382 g/mol.